The van der Waals surface area contributed by atoms with Gasteiger partial charge in [-0.05, 0) is 49.9 Å². The van der Waals surface area contributed by atoms with E-state index in [0.717, 1.165) is 64.5 Å². The van der Waals surface area contributed by atoms with Crippen LogP contribution in [0, 0.1) is 5.92 Å². The average Bonchev–Trinajstić information content (AvgIpc) is 3.24. The molecule has 0 unspecified atom stereocenters. The van der Waals surface area contributed by atoms with Gasteiger partial charge in [0, 0.05) is 32.4 Å². The first-order valence-electron chi connectivity index (χ1n) is 9.86. The van der Waals surface area contributed by atoms with Crippen molar-refractivity contribution in [2.45, 2.75) is 19.3 Å². The maximum Gasteiger partial charge on any atom is 0.271 e. The number of rotatable bonds is 5. The summed E-state index contributed by atoms with van der Waals surface area (Å²) in [5.74, 6) is 0.749. The van der Waals surface area contributed by atoms with E-state index in [9.17, 15) is 4.79 Å². The van der Waals surface area contributed by atoms with E-state index in [-0.39, 0.29) is 5.91 Å². The number of amides is 1. The van der Waals surface area contributed by atoms with Crippen LogP contribution in [0.25, 0.3) is 11.4 Å². The lowest BCUT2D eigenvalue weighted by Crippen LogP contribution is -2.41. The molecule has 0 radical (unpaired) electrons. The summed E-state index contributed by atoms with van der Waals surface area (Å²) >= 11 is 0. The van der Waals surface area contributed by atoms with Gasteiger partial charge < -0.3 is 9.64 Å². The topological polar surface area (TPSA) is 74.4 Å². The number of H-pyrrole nitrogens is 1. The van der Waals surface area contributed by atoms with E-state index in [0.29, 0.717) is 17.3 Å². The van der Waals surface area contributed by atoms with Gasteiger partial charge in [-0.2, -0.15) is 5.10 Å². The van der Waals surface area contributed by atoms with E-state index < -0.39 is 0 Å². The van der Waals surface area contributed by atoms with Crippen molar-refractivity contribution in [3.05, 3.63) is 36.2 Å². The third-order valence-corrected chi connectivity index (χ3v) is 5.59. The van der Waals surface area contributed by atoms with Crippen LogP contribution in [0.15, 0.2) is 30.5 Å². The Morgan fingerprint density at radius 1 is 1.15 bits per heavy atom. The monoisotopic (exact) mass is 369 g/mol. The summed E-state index contributed by atoms with van der Waals surface area (Å²) < 4.78 is 5.41. The Morgan fingerprint density at radius 3 is 2.70 bits per heavy atom. The number of likely N-dealkylation sites (tertiary alicyclic amines) is 1. The highest BCUT2D eigenvalue weighted by molar-refractivity contribution is 5.93. The molecule has 2 aliphatic rings. The van der Waals surface area contributed by atoms with Crippen molar-refractivity contribution < 1.29 is 9.53 Å². The van der Waals surface area contributed by atoms with Crippen LogP contribution in [0.3, 0.4) is 0 Å². The second-order valence-electron chi connectivity index (χ2n) is 7.36. The fourth-order valence-corrected chi connectivity index (χ4v) is 3.86. The Morgan fingerprint density at radius 2 is 1.96 bits per heavy atom. The molecule has 2 aliphatic heterocycles. The number of ether oxygens (including phenoxy) is 1. The number of carbonyl (C=O) groups is 1. The molecule has 4 rings (SSSR count). The second kappa shape index (κ2) is 8.63. The molecular formula is C20H27N5O2. The Kier molecular flexibility index (Phi) is 5.79. The number of hydrogen-bond donors (Lipinski definition) is 1. The predicted octanol–water partition coefficient (Wildman–Crippen LogP) is 2.05. The third-order valence-electron chi connectivity index (χ3n) is 5.59. The van der Waals surface area contributed by atoms with Gasteiger partial charge in [-0.1, -0.05) is 6.07 Å². The zero-order valence-electron chi connectivity index (χ0n) is 15.6. The smallest absolute Gasteiger partial charge is 0.271 e. The van der Waals surface area contributed by atoms with Crippen LogP contribution in [-0.4, -0.2) is 76.8 Å². The number of aromatic nitrogens is 3. The van der Waals surface area contributed by atoms with E-state index in [1.807, 2.05) is 23.1 Å². The van der Waals surface area contributed by atoms with Gasteiger partial charge in [0.25, 0.3) is 5.91 Å². The summed E-state index contributed by atoms with van der Waals surface area (Å²) in [7, 11) is 0. The lowest BCUT2D eigenvalue weighted by atomic mass is 9.93. The number of carbonyl (C=O) groups excluding carboxylic acids is 1. The van der Waals surface area contributed by atoms with Crippen LogP contribution in [0.5, 0.6) is 0 Å². The van der Waals surface area contributed by atoms with Gasteiger partial charge in [0.2, 0.25) is 0 Å². The van der Waals surface area contributed by atoms with Crippen molar-refractivity contribution in [1.82, 2.24) is 25.0 Å². The lowest BCUT2D eigenvalue weighted by molar-refractivity contribution is 0.0332. The van der Waals surface area contributed by atoms with Gasteiger partial charge >= 0.3 is 0 Å². The quantitative estimate of drug-likeness (QED) is 0.873. The highest BCUT2D eigenvalue weighted by Gasteiger charge is 2.25. The van der Waals surface area contributed by atoms with Crippen molar-refractivity contribution >= 4 is 5.91 Å². The van der Waals surface area contributed by atoms with E-state index in [1.165, 1.54) is 6.42 Å². The Balaban J connectivity index is 1.27. The van der Waals surface area contributed by atoms with Gasteiger partial charge in [-0.25, -0.2) is 0 Å². The standard InChI is InChI=1S/C20H27N5O2/c26-20(19-15-18(22-23-19)17-3-1-2-7-21-17)25-9-5-16(6-10-25)4-8-24-11-13-27-14-12-24/h1-3,7,15-16H,4-6,8-14H2,(H,22,23). The van der Waals surface area contributed by atoms with Crippen LogP contribution in [0.2, 0.25) is 0 Å². The molecule has 1 amide bonds. The minimum absolute atomic E-state index is 0.0383. The van der Waals surface area contributed by atoms with Crippen LogP contribution < -0.4 is 0 Å². The number of piperidine rings is 1. The molecule has 7 nitrogen and oxygen atoms in total. The second-order valence-corrected chi connectivity index (χ2v) is 7.36. The summed E-state index contributed by atoms with van der Waals surface area (Å²) in [5.41, 5.74) is 2.02. The molecule has 4 heterocycles. The van der Waals surface area contributed by atoms with Gasteiger partial charge in [-0.15, -0.1) is 0 Å². The number of aromatic amines is 1. The largest absolute Gasteiger partial charge is 0.379 e. The number of morpholine rings is 1. The molecule has 0 saturated carbocycles. The number of hydrogen-bond acceptors (Lipinski definition) is 5. The summed E-state index contributed by atoms with van der Waals surface area (Å²) in [5, 5.41) is 7.13. The molecule has 0 bridgehead atoms. The van der Waals surface area contributed by atoms with Crippen LogP contribution in [0.1, 0.15) is 29.8 Å². The van der Waals surface area contributed by atoms with E-state index in [2.05, 4.69) is 20.1 Å². The van der Waals surface area contributed by atoms with Gasteiger partial charge in [-0.3, -0.25) is 19.8 Å². The lowest BCUT2D eigenvalue weighted by Gasteiger charge is -2.33. The van der Waals surface area contributed by atoms with Crippen molar-refractivity contribution in [2.24, 2.45) is 5.92 Å². The normalized spacial score (nSPS) is 19.3. The summed E-state index contributed by atoms with van der Waals surface area (Å²) in [6.07, 6.45) is 5.11. The first-order chi connectivity index (χ1) is 13.3. The molecule has 0 aliphatic carbocycles. The van der Waals surface area contributed by atoms with Crippen LogP contribution in [0.4, 0.5) is 0 Å². The number of nitrogens with one attached hydrogen (secondary N) is 1. The van der Waals surface area contributed by atoms with Crippen LogP contribution >= 0.6 is 0 Å². The zero-order valence-corrected chi connectivity index (χ0v) is 15.6. The molecule has 1 N–H and O–H groups in total. The van der Waals surface area contributed by atoms with E-state index in [4.69, 9.17) is 4.74 Å². The molecule has 2 saturated heterocycles. The minimum Gasteiger partial charge on any atom is -0.379 e. The molecule has 2 fully saturated rings. The Hall–Kier alpha value is -2.25. The fourth-order valence-electron chi connectivity index (χ4n) is 3.86. The van der Waals surface area contributed by atoms with Gasteiger partial charge in [0.15, 0.2) is 0 Å². The molecular weight excluding hydrogens is 342 g/mol. The maximum absolute atomic E-state index is 12.8. The van der Waals surface area contributed by atoms with Crippen molar-refractivity contribution in [3.8, 4) is 11.4 Å². The number of pyridine rings is 1. The highest BCUT2D eigenvalue weighted by atomic mass is 16.5. The van der Waals surface area contributed by atoms with Gasteiger partial charge in [0.05, 0.1) is 18.9 Å². The Labute approximate surface area is 159 Å². The summed E-state index contributed by atoms with van der Waals surface area (Å²) in [6, 6.07) is 7.48. The molecule has 7 heteroatoms. The zero-order chi connectivity index (χ0) is 18.5. The Bertz CT molecular complexity index is 734. The molecule has 144 valence electrons. The number of nitrogens with zero attached hydrogens (tertiary/aromatic N) is 4. The minimum atomic E-state index is 0.0383. The molecule has 2 aromatic heterocycles. The maximum atomic E-state index is 12.8. The molecule has 0 spiro atoms. The first-order valence-corrected chi connectivity index (χ1v) is 9.86. The summed E-state index contributed by atoms with van der Waals surface area (Å²) in [4.78, 5) is 21.5. The average molecular weight is 369 g/mol. The first kappa shape index (κ1) is 18.1. The van der Waals surface area contributed by atoms with Crippen molar-refractivity contribution in [1.29, 1.82) is 0 Å². The molecule has 27 heavy (non-hydrogen) atoms. The molecule has 0 aromatic carbocycles. The third kappa shape index (κ3) is 4.54. The highest BCUT2D eigenvalue weighted by Crippen LogP contribution is 2.23. The van der Waals surface area contributed by atoms with Crippen LogP contribution in [-0.2, 0) is 4.74 Å². The molecule has 0 atom stereocenters. The predicted molar refractivity (Wildman–Crippen MR) is 102 cm³/mol. The fraction of sp³-hybridized carbons (Fsp3) is 0.550. The van der Waals surface area contributed by atoms with E-state index >= 15 is 0 Å². The molecule has 2 aromatic rings. The van der Waals surface area contributed by atoms with Crippen molar-refractivity contribution in [2.75, 3.05) is 45.9 Å². The van der Waals surface area contributed by atoms with E-state index in [1.54, 1.807) is 12.3 Å². The summed E-state index contributed by atoms with van der Waals surface area (Å²) in [6.45, 7) is 6.62. The SMILES string of the molecule is O=C(c1cc(-c2ccccn2)n[nH]1)N1CCC(CCN2CCOCC2)CC1. The van der Waals surface area contributed by atoms with Gasteiger partial charge in [0.1, 0.15) is 11.4 Å². The van der Waals surface area contributed by atoms with Crippen molar-refractivity contribution in [3.63, 3.8) is 0 Å².